The summed E-state index contributed by atoms with van der Waals surface area (Å²) in [6, 6.07) is 3.89. The predicted octanol–water partition coefficient (Wildman–Crippen LogP) is 2.74. The van der Waals surface area contributed by atoms with Gasteiger partial charge in [0.1, 0.15) is 4.88 Å². The van der Waals surface area contributed by atoms with Crippen LogP contribution in [-0.4, -0.2) is 43.6 Å². The van der Waals surface area contributed by atoms with Gasteiger partial charge >= 0.3 is 0 Å². The Balaban J connectivity index is 1.28. The van der Waals surface area contributed by atoms with Crippen molar-refractivity contribution < 1.29 is 9.32 Å². The highest BCUT2D eigenvalue weighted by Gasteiger charge is 2.38. The van der Waals surface area contributed by atoms with Gasteiger partial charge in [-0.1, -0.05) is 16.5 Å². The standard InChI is InChI=1S/C17H17N5O2S/c1-10-13(25-17(18-10)21-6-2-3-7-21)16(23)22-8-12(9-22)15-19-14(20-24-15)11-4-5-11/h2-3,6-7,11-12H,4-5,8-9H2,1H3. The van der Waals surface area contributed by atoms with Crippen LogP contribution in [0.15, 0.2) is 29.0 Å². The Morgan fingerprint density at radius 1 is 1.20 bits per heavy atom. The summed E-state index contributed by atoms with van der Waals surface area (Å²) in [7, 11) is 0. The molecule has 7 nitrogen and oxygen atoms in total. The highest BCUT2D eigenvalue weighted by Crippen LogP contribution is 2.39. The van der Waals surface area contributed by atoms with Crippen LogP contribution >= 0.6 is 11.3 Å². The quantitative estimate of drug-likeness (QED) is 0.719. The number of amides is 1. The summed E-state index contributed by atoms with van der Waals surface area (Å²) in [4.78, 5) is 24.3. The number of carbonyl (C=O) groups is 1. The van der Waals surface area contributed by atoms with Crippen LogP contribution in [0.1, 0.15) is 51.8 Å². The minimum atomic E-state index is 0.0339. The lowest BCUT2D eigenvalue weighted by atomic mass is 10.00. The molecule has 1 saturated heterocycles. The van der Waals surface area contributed by atoms with E-state index in [1.165, 1.54) is 11.3 Å². The lowest BCUT2D eigenvalue weighted by molar-refractivity contribution is 0.0573. The second-order valence-corrected chi connectivity index (χ2v) is 7.65. The highest BCUT2D eigenvalue weighted by molar-refractivity contribution is 7.16. The summed E-state index contributed by atoms with van der Waals surface area (Å²) >= 11 is 1.43. The lowest BCUT2D eigenvalue weighted by Crippen LogP contribution is -2.48. The normalized spacial score (nSPS) is 17.7. The lowest BCUT2D eigenvalue weighted by Gasteiger charge is -2.36. The Kier molecular flexibility index (Phi) is 3.27. The van der Waals surface area contributed by atoms with Crippen LogP contribution in [0, 0.1) is 6.92 Å². The average molecular weight is 355 g/mol. The molecule has 2 fully saturated rings. The first-order chi connectivity index (χ1) is 12.2. The molecule has 1 amide bonds. The van der Waals surface area contributed by atoms with Crippen molar-refractivity contribution in [3.05, 3.63) is 46.8 Å². The van der Waals surface area contributed by atoms with E-state index in [0.717, 1.165) is 29.5 Å². The summed E-state index contributed by atoms with van der Waals surface area (Å²) < 4.78 is 7.29. The van der Waals surface area contributed by atoms with E-state index < -0.39 is 0 Å². The SMILES string of the molecule is Cc1nc(-n2cccc2)sc1C(=O)N1CC(c2nc(C3CC3)no2)C1. The molecule has 0 aromatic carbocycles. The molecule has 0 atom stereocenters. The van der Waals surface area contributed by atoms with Gasteiger partial charge < -0.3 is 14.0 Å². The summed E-state index contributed by atoms with van der Waals surface area (Å²) in [5.41, 5.74) is 0.774. The minimum absolute atomic E-state index is 0.0339. The molecule has 25 heavy (non-hydrogen) atoms. The molecule has 4 heterocycles. The molecule has 5 rings (SSSR count). The first-order valence-corrected chi connectivity index (χ1v) is 9.24. The zero-order valence-corrected chi connectivity index (χ0v) is 14.6. The molecule has 2 aliphatic rings. The topological polar surface area (TPSA) is 77.1 Å². The largest absolute Gasteiger partial charge is 0.339 e. The zero-order chi connectivity index (χ0) is 17.0. The molecule has 0 bridgehead atoms. The van der Waals surface area contributed by atoms with E-state index in [-0.39, 0.29) is 11.8 Å². The Bertz CT molecular complexity index is 919. The van der Waals surface area contributed by atoms with Gasteiger partial charge in [-0.25, -0.2) is 4.98 Å². The highest BCUT2D eigenvalue weighted by atomic mass is 32.1. The van der Waals surface area contributed by atoms with E-state index in [9.17, 15) is 4.79 Å². The molecule has 1 aliphatic heterocycles. The fourth-order valence-corrected chi connectivity index (χ4v) is 4.02. The second kappa shape index (κ2) is 5.52. The maximum Gasteiger partial charge on any atom is 0.265 e. The van der Waals surface area contributed by atoms with Gasteiger partial charge in [0.25, 0.3) is 5.91 Å². The average Bonchev–Trinajstić information content (AvgIpc) is 2.99. The number of nitrogens with zero attached hydrogens (tertiary/aromatic N) is 5. The molecule has 128 valence electrons. The van der Waals surface area contributed by atoms with Gasteiger partial charge in [0, 0.05) is 31.4 Å². The van der Waals surface area contributed by atoms with E-state index in [2.05, 4.69) is 15.1 Å². The van der Waals surface area contributed by atoms with E-state index in [4.69, 9.17) is 4.52 Å². The number of hydrogen-bond acceptors (Lipinski definition) is 6. The van der Waals surface area contributed by atoms with E-state index in [1.807, 2.05) is 40.9 Å². The maximum atomic E-state index is 12.8. The number of thiazole rings is 1. The fourth-order valence-electron chi connectivity index (χ4n) is 3.02. The third kappa shape index (κ3) is 2.57. The Labute approximate surface area is 148 Å². The van der Waals surface area contributed by atoms with Gasteiger partial charge in [0.2, 0.25) is 5.89 Å². The van der Waals surface area contributed by atoms with E-state index >= 15 is 0 Å². The number of rotatable bonds is 4. The molecular formula is C17H17N5O2S. The van der Waals surface area contributed by atoms with Crippen LogP contribution < -0.4 is 0 Å². The number of aromatic nitrogens is 4. The number of likely N-dealkylation sites (tertiary alicyclic amines) is 1. The molecular weight excluding hydrogens is 338 g/mol. The molecule has 3 aromatic rings. The smallest absolute Gasteiger partial charge is 0.265 e. The number of aryl methyl sites for hydroxylation is 1. The van der Waals surface area contributed by atoms with Gasteiger partial charge in [-0.3, -0.25) is 4.79 Å². The zero-order valence-electron chi connectivity index (χ0n) is 13.8. The van der Waals surface area contributed by atoms with Gasteiger partial charge in [0.15, 0.2) is 11.0 Å². The third-order valence-electron chi connectivity index (χ3n) is 4.72. The van der Waals surface area contributed by atoms with Crippen molar-refractivity contribution in [3.8, 4) is 5.13 Å². The van der Waals surface area contributed by atoms with Crippen LogP contribution in [0.4, 0.5) is 0 Å². The number of carbonyl (C=O) groups excluding carboxylic acids is 1. The monoisotopic (exact) mass is 355 g/mol. The van der Waals surface area contributed by atoms with Crippen LogP contribution in [-0.2, 0) is 0 Å². The van der Waals surface area contributed by atoms with Gasteiger partial charge in [0.05, 0.1) is 11.6 Å². The molecule has 3 aromatic heterocycles. The van der Waals surface area contributed by atoms with Gasteiger partial charge in [-0.05, 0) is 31.9 Å². The Hall–Kier alpha value is -2.48. The first-order valence-electron chi connectivity index (χ1n) is 8.42. The van der Waals surface area contributed by atoms with Crippen molar-refractivity contribution in [1.29, 1.82) is 0 Å². The fraction of sp³-hybridized carbons (Fsp3) is 0.412. The van der Waals surface area contributed by atoms with Crippen molar-refractivity contribution in [2.45, 2.75) is 31.6 Å². The molecule has 0 radical (unpaired) electrons. The molecule has 0 N–H and O–H groups in total. The van der Waals surface area contributed by atoms with Crippen LogP contribution in [0.2, 0.25) is 0 Å². The summed E-state index contributed by atoms with van der Waals surface area (Å²) in [6.45, 7) is 3.14. The van der Waals surface area contributed by atoms with E-state index in [0.29, 0.717) is 29.8 Å². The summed E-state index contributed by atoms with van der Waals surface area (Å²) in [5.74, 6) is 2.17. The molecule has 0 unspecified atom stereocenters. The van der Waals surface area contributed by atoms with Crippen LogP contribution in [0.3, 0.4) is 0 Å². The number of hydrogen-bond donors (Lipinski definition) is 0. The summed E-state index contributed by atoms with van der Waals surface area (Å²) in [5, 5.41) is 4.87. The summed E-state index contributed by atoms with van der Waals surface area (Å²) in [6.07, 6.45) is 6.17. The van der Waals surface area contributed by atoms with Gasteiger partial charge in [-0.15, -0.1) is 0 Å². The first kappa shape index (κ1) is 14.8. The minimum Gasteiger partial charge on any atom is -0.339 e. The molecule has 1 aliphatic carbocycles. The van der Waals surface area contributed by atoms with Crippen molar-refractivity contribution >= 4 is 17.2 Å². The predicted molar refractivity (Wildman–Crippen MR) is 91.1 cm³/mol. The van der Waals surface area contributed by atoms with Crippen LogP contribution in [0.5, 0.6) is 0 Å². The molecule has 8 heteroatoms. The van der Waals surface area contributed by atoms with Crippen molar-refractivity contribution in [3.63, 3.8) is 0 Å². The van der Waals surface area contributed by atoms with Gasteiger partial charge in [-0.2, -0.15) is 4.98 Å². The maximum absolute atomic E-state index is 12.8. The van der Waals surface area contributed by atoms with Crippen molar-refractivity contribution in [2.75, 3.05) is 13.1 Å². The molecule has 0 spiro atoms. The van der Waals surface area contributed by atoms with E-state index in [1.54, 1.807) is 0 Å². The second-order valence-electron chi connectivity index (χ2n) is 6.67. The third-order valence-corrected chi connectivity index (χ3v) is 5.88. The van der Waals surface area contributed by atoms with Crippen LogP contribution in [0.25, 0.3) is 5.13 Å². The van der Waals surface area contributed by atoms with Crippen molar-refractivity contribution in [1.82, 2.24) is 24.6 Å². The Morgan fingerprint density at radius 3 is 2.68 bits per heavy atom. The molecule has 1 saturated carbocycles. The Morgan fingerprint density at radius 2 is 1.96 bits per heavy atom. The van der Waals surface area contributed by atoms with Crippen molar-refractivity contribution in [2.24, 2.45) is 0 Å².